The van der Waals surface area contributed by atoms with Crippen LogP contribution in [0.3, 0.4) is 0 Å². The molecule has 0 spiro atoms. The number of aliphatic imine (C=N–C) groups is 1. The summed E-state index contributed by atoms with van der Waals surface area (Å²) in [5.74, 6) is 0.177. The van der Waals surface area contributed by atoms with Crippen LogP contribution >= 0.6 is 24.0 Å². The molecular weight excluding hydrogens is 267 g/mol. The molecule has 0 saturated heterocycles. The van der Waals surface area contributed by atoms with E-state index in [9.17, 15) is 0 Å². The van der Waals surface area contributed by atoms with E-state index in [1.807, 2.05) is 21.0 Å². The predicted molar refractivity (Wildman–Crippen MR) is 63.9 cm³/mol. The Morgan fingerprint density at radius 1 is 1.42 bits per heavy atom. The van der Waals surface area contributed by atoms with Gasteiger partial charge in [-0.2, -0.15) is 0 Å². The summed E-state index contributed by atoms with van der Waals surface area (Å²) < 4.78 is 0. The number of hydrogen-bond acceptors (Lipinski definition) is 2. The molecule has 12 heavy (non-hydrogen) atoms. The lowest BCUT2D eigenvalue weighted by atomic mass is 10.2. The van der Waals surface area contributed by atoms with Crippen LogP contribution in [0.2, 0.25) is 0 Å². The van der Waals surface area contributed by atoms with Crippen molar-refractivity contribution in [2.24, 2.45) is 16.5 Å². The van der Waals surface area contributed by atoms with E-state index in [0.29, 0.717) is 0 Å². The van der Waals surface area contributed by atoms with Crippen LogP contribution in [0.25, 0.3) is 0 Å². The second kappa shape index (κ2) is 7.60. The van der Waals surface area contributed by atoms with Crippen LogP contribution in [0.1, 0.15) is 13.3 Å². The summed E-state index contributed by atoms with van der Waals surface area (Å²) in [4.78, 5) is 6.10. The second-order valence-corrected chi connectivity index (χ2v) is 2.99. The van der Waals surface area contributed by atoms with Crippen LogP contribution in [-0.4, -0.2) is 37.5 Å². The Bertz CT molecular complexity index is 131. The Morgan fingerprint density at radius 3 is 2.25 bits per heavy atom. The van der Waals surface area contributed by atoms with Crippen molar-refractivity contribution in [2.75, 3.05) is 20.6 Å². The minimum Gasteiger partial charge on any atom is -0.370 e. The third-order valence-corrected chi connectivity index (χ3v) is 1.36. The Morgan fingerprint density at radius 2 is 1.92 bits per heavy atom. The summed E-state index contributed by atoms with van der Waals surface area (Å²) in [6, 6.07) is 0.224. The Hall–Kier alpha value is -0.0400. The molecule has 0 aromatic rings. The zero-order valence-electron chi connectivity index (χ0n) is 7.95. The Kier molecular flexibility index (Phi) is 9.17. The first kappa shape index (κ1) is 14.5. The van der Waals surface area contributed by atoms with Gasteiger partial charge >= 0.3 is 0 Å². The molecule has 0 radical (unpaired) electrons. The van der Waals surface area contributed by atoms with Crippen LogP contribution in [0.4, 0.5) is 0 Å². The molecule has 0 aromatic carbocycles. The fourth-order valence-corrected chi connectivity index (χ4v) is 0.764. The van der Waals surface area contributed by atoms with Crippen molar-refractivity contribution in [2.45, 2.75) is 19.4 Å². The molecule has 0 fully saturated rings. The van der Waals surface area contributed by atoms with E-state index >= 15 is 0 Å². The third-order valence-electron chi connectivity index (χ3n) is 1.36. The summed E-state index contributed by atoms with van der Waals surface area (Å²) in [6.07, 6.45) is 0.991. The Labute approximate surface area is 91.4 Å². The standard InChI is InChI=1S/C7H18N4.HI/c1-6(10-7(8)9)4-5-11(2)3;/h6H,4-5H2,1-3H3,(H4,8,9,10);1H. The average molecular weight is 286 g/mol. The van der Waals surface area contributed by atoms with Gasteiger partial charge in [0.15, 0.2) is 5.96 Å². The van der Waals surface area contributed by atoms with Crippen LogP contribution in [-0.2, 0) is 0 Å². The number of halogens is 1. The van der Waals surface area contributed by atoms with Crippen molar-refractivity contribution in [1.82, 2.24) is 4.90 Å². The first-order valence-corrected chi connectivity index (χ1v) is 3.76. The van der Waals surface area contributed by atoms with E-state index in [1.54, 1.807) is 0 Å². The average Bonchev–Trinajstić information content (AvgIpc) is 1.82. The molecule has 0 amide bonds. The molecule has 0 saturated carbocycles. The molecule has 4 N–H and O–H groups in total. The number of rotatable bonds is 4. The van der Waals surface area contributed by atoms with E-state index in [0.717, 1.165) is 13.0 Å². The van der Waals surface area contributed by atoms with Crippen molar-refractivity contribution in [3.05, 3.63) is 0 Å². The lowest BCUT2D eigenvalue weighted by Crippen LogP contribution is -2.26. The largest absolute Gasteiger partial charge is 0.370 e. The van der Waals surface area contributed by atoms with Gasteiger partial charge in [0.1, 0.15) is 0 Å². The molecule has 0 aromatic heterocycles. The van der Waals surface area contributed by atoms with E-state index in [1.165, 1.54) is 0 Å². The van der Waals surface area contributed by atoms with Crippen molar-refractivity contribution < 1.29 is 0 Å². The number of hydrogen-bond donors (Lipinski definition) is 2. The maximum Gasteiger partial charge on any atom is 0.186 e. The monoisotopic (exact) mass is 286 g/mol. The topological polar surface area (TPSA) is 67.6 Å². The lowest BCUT2D eigenvalue weighted by Gasteiger charge is -2.11. The van der Waals surface area contributed by atoms with Crippen molar-refractivity contribution in [3.8, 4) is 0 Å². The van der Waals surface area contributed by atoms with Crippen LogP contribution in [0.15, 0.2) is 4.99 Å². The summed E-state index contributed by atoms with van der Waals surface area (Å²) in [5.41, 5.74) is 10.4. The minimum atomic E-state index is 0. The van der Waals surface area contributed by atoms with Gasteiger partial charge in [-0.15, -0.1) is 24.0 Å². The highest BCUT2D eigenvalue weighted by Crippen LogP contribution is 1.96. The fraction of sp³-hybridized carbons (Fsp3) is 0.857. The molecule has 4 nitrogen and oxygen atoms in total. The molecule has 1 unspecified atom stereocenters. The summed E-state index contributed by atoms with van der Waals surface area (Å²) in [5, 5.41) is 0. The SMILES string of the molecule is CC(CCN(C)C)N=C(N)N.I. The van der Waals surface area contributed by atoms with Crippen molar-refractivity contribution >= 4 is 29.9 Å². The molecule has 0 heterocycles. The van der Waals surface area contributed by atoms with Gasteiger partial charge in [-0.3, -0.25) is 4.99 Å². The van der Waals surface area contributed by atoms with Gasteiger partial charge in [-0.25, -0.2) is 0 Å². The minimum absolute atomic E-state index is 0. The summed E-state index contributed by atoms with van der Waals surface area (Å²) >= 11 is 0. The van der Waals surface area contributed by atoms with Gasteiger partial charge in [0.05, 0.1) is 6.04 Å². The first-order chi connectivity index (χ1) is 5.02. The predicted octanol–water partition coefficient (Wildman–Crippen LogP) is 0.218. The molecular formula is C7H19IN4. The second-order valence-electron chi connectivity index (χ2n) is 2.99. The fourth-order valence-electron chi connectivity index (χ4n) is 0.764. The van der Waals surface area contributed by atoms with E-state index < -0.39 is 0 Å². The van der Waals surface area contributed by atoms with Crippen molar-refractivity contribution in [3.63, 3.8) is 0 Å². The van der Waals surface area contributed by atoms with Gasteiger partial charge in [0.2, 0.25) is 0 Å². The third kappa shape index (κ3) is 9.96. The summed E-state index contributed by atoms with van der Waals surface area (Å²) in [7, 11) is 4.06. The number of nitrogens with two attached hydrogens (primary N) is 2. The molecule has 1 atom stereocenters. The van der Waals surface area contributed by atoms with Gasteiger partial charge in [-0.05, 0) is 34.0 Å². The number of guanidine groups is 1. The van der Waals surface area contributed by atoms with Gasteiger partial charge < -0.3 is 16.4 Å². The van der Waals surface area contributed by atoms with E-state index in [2.05, 4.69) is 9.89 Å². The van der Waals surface area contributed by atoms with Gasteiger partial charge in [-0.1, -0.05) is 0 Å². The Balaban J connectivity index is 0. The highest BCUT2D eigenvalue weighted by Gasteiger charge is 1.99. The molecule has 5 heteroatoms. The van der Waals surface area contributed by atoms with Gasteiger partial charge in [0, 0.05) is 0 Å². The maximum absolute atomic E-state index is 5.21. The maximum atomic E-state index is 5.21. The van der Waals surface area contributed by atoms with E-state index in [4.69, 9.17) is 11.5 Å². The molecule has 74 valence electrons. The smallest absolute Gasteiger partial charge is 0.186 e. The van der Waals surface area contributed by atoms with Crippen LogP contribution in [0, 0.1) is 0 Å². The highest BCUT2D eigenvalue weighted by molar-refractivity contribution is 14.0. The zero-order valence-corrected chi connectivity index (χ0v) is 10.3. The molecule has 0 rings (SSSR count). The first-order valence-electron chi connectivity index (χ1n) is 3.76. The van der Waals surface area contributed by atoms with Crippen LogP contribution < -0.4 is 11.5 Å². The molecule has 0 aliphatic heterocycles. The zero-order chi connectivity index (χ0) is 8.85. The summed E-state index contributed by atoms with van der Waals surface area (Å²) in [6.45, 7) is 3.02. The molecule has 0 aliphatic carbocycles. The van der Waals surface area contributed by atoms with Crippen LogP contribution in [0.5, 0.6) is 0 Å². The molecule has 0 aliphatic rings. The van der Waals surface area contributed by atoms with Crippen molar-refractivity contribution in [1.29, 1.82) is 0 Å². The quantitative estimate of drug-likeness (QED) is 0.441. The van der Waals surface area contributed by atoms with Gasteiger partial charge in [0.25, 0.3) is 0 Å². The molecule has 0 bridgehead atoms. The highest BCUT2D eigenvalue weighted by atomic mass is 127. The normalized spacial score (nSPS) is 12.0. The number of nitrogens with zero attached hydrogens (tertiary/aromatic N) is 2. The lowest BCUT2D eigenvalue weighted by molar-refractivity contribution is 0.386. The van der Waals surface area contributed by atoms with E-state index in [-0.39, 0.29) is 36.0 Å².